The summed E-state index contributed by atoms with van der Waals surface area (Å²) in [5, 5.41) is 11.8. The van der Waals surface area contributed by atoms with E-state index in [1.165, 1.54) is 4.80 Å². The second-order valence-electron chi connectivity index (χ2n) is 3.74. The van der Waals surface area contributed by atoms with Crippen molar-refractivity contribution in [3.8, 4) is 0 Å². The van der Waals surface area contributed by atoms with E-state index >= 15 is 0 Å². The lowest BCUT2D eigenvalue weighted by molar-refractivity contribution is 0.622. The third kappa shape index (κ3) is 2.40. The minimum Gasteiger partial charge on any atom is -0.324 e. The van der Waals surface area contributed by atoms with E-state index in [1.54, 1.807) is 13.2 Å². The second kappa shape index (κ2) is 4.36. The molecule has 2 rings (SSSR count). The lowest BCUT2D eigenvalue weighted by atomic mass is 10.1. The van der Waals surface area contributed by atoms with Crippen LogP contribution in [-0.2, 0) is 13.5 Å². The summed E-state index contributed by atoms with van der Waals surface area (Å²) >= 11 is 0. The normalized spacial score (nSPS) is 12.7. The Morgan fingerprint density at radius 2 is 2.31 bits per heavy atom. The zero-order valence-electron chi connectivity index (χ0n) is 9.33. The third-order valence-electron chi connectivity index (χ3n) is 2.30. The Labute approximate surface area is 93.5 Å². The van der Waals surface area contributed by atoms with E-state index in [2.05, 4.69) is 20.4 Å². The molecule has 0 radical (unpaired) electrons. The molecule has 0 saturated carbocycles. The summed E-state index contributed by atoms with van der Waals surface area (Å²) in [5.41, 5.74) is 8.06. The molecule has 16 heavy (non-hydrogen) atoms. The molecule has 0 amide bonds. The van der Waals surface area contributed by atoms with Crippen LogP contribution in [0.2, 0.25) is 0 Å². The van der Waals surface area contributed by atoms with Gasteiger partial charge in [0, 0.05) is 24.4 Å². The Morgan fingerprint density at radius 1 is 1.50 bits per heavy atom. The van der Waals surface area contributed by atoms with Gasteiger partial charge in [0.25, 0.3) is 0 Å². The lowest BCUT2D eigenvalue weighted by Gasteiger charge is -2.09. The molecule has 2 N–H and O–H groups in total. The summed E-state index contributed by atoms with van der Waals surface area (Å²) in [6.45, 7) is 1.94. The van der Waals surface area contributed by atoms with E-state index in [1.807, 2.05) is 19.1 Å². The molecule has 0 spiro atoms. The molecular weight excluding hydrogens is 204 g/mol. The van der Waals surface area contributed by atoms with Gasteiger partial charge in [0.2, 0.25) is 0 Å². The van der Waals surface area contributed by atoms with Crippen molar-refractivity contribution in [3.63, 3.8) is 0 Å². The van der Waals surface area contributed by atoms with Gasteiger partial charge in [-0.25, -0.2) is 0 Å². The van der Waals surface area contributed by atoms with Crippen LogP contribution in [0.25, 0.3) is 0 Å². The first kappa shape index (κ1) is 10.7. The predicted molar refractivity (Wildman–Crippen MR) is 58.4 cm³/mol. The first-order chi connectivity index (χ1) is 7.65. The van der Waals surface area contributed by atoms with Crippen LogP contribution in [0.15, 0.2) is 18.3 Å². The van der Waals surface area contributed by atoms with Gasteiger partial charge >= 0.3 is 0 Å². The molecule has 2 aromatic rings. The number of aryl methyl sites for hydroxylation is 2. The number of nitrogens with zero attached hydrogens (tertiary/aromatic N) is 5. The molecule has 0 aromatic carbocycles. The SMILES string of the molecule is Cc1cc(C(N)Cc2nnn(C)n2)ccn1. The van der Waals surface area contributed by atoms with Gasteiger partial charge in [0.15, 0.2) is 5.82 Å². The van der Waals surface area contributed by atoms with E-state index in [9.17, 15) is 0 Å². The van der Waals surface area contributed by atoms with Gasteiger partial charge in [-0.05, 0) is 29.8 Å². The van der Waals surface area contributed by atoms with Crippen molar-refractivity contribution in [2.45, 2.75) is 19.4 Å². The van der Waals surface area contributed by atoms with Crippen molar-refractivity contribution >= 4 is 0 Å². The Kier molecular flexibility index (Phi) is 2.91. The summed E-state index contributed by atoms with van der Waals surface area (Å²) < 4.78 is 0. The predicted octanol–water partition coefficient (Wildman–Crippen LogP) is 0.156. The van der Waals surface area contributed by atoms with Crippen molar-refractivity contribution in [3.05, 3.63) is 35.4 Å². The van der Waals surface area contributed by atoms with Gasteiger partial charge in [0.05, 0.1) is 7.05 Å². The van der Waals surface area contributed by atoms with E-state index in [0.717, 1.165) is 11.3 Å². The molecule has 0 bridgehead atoms. The van der Waals surface area contributed by atoms with Crippen LogP contribution in [-0.4, -0.2) is 25.2 Å². The fourth-order valence-corrected chi connectivity index (χ4v) is 1.52. The number of nitrogens with two attached hydrogens (primary N) is 1. The molecule has 0 saturated heterocycles. The maximum atomic E-state index is 6.06. The van der Waals surface area contributed by atoms with Crippen LogP contribution >= 0.6 is 0 Å². The molecule has 1 unspecified atom stereocenters. The van der Waals surface area contributed by atoms with E-state index in [0.29, 0.717) is 12.2 Å². The number of tetrazole rings is 1. The van der Waals surface area contributed by atoms with E-state index < -0.39 is 0 Å². The summed E-state index contributed by atoms with van der Waals surface area (Å²) in [6, 6.07) is 3.76. The van der Waals surface area contributed by atoms with E-state index in [4.69, 9.17) is 5.73 Å². The van der Waals surface area contributed by atoms with E-state index in [-0.39, 0.29) is 6.04 Å². The first-order valence-corrected chi connectivity index (χ1v) is 5.06. The standard InChI is InChI=1S/C10H14N6/c1-7-5-8(3-4-12-7)9(11)6-10-13-15-16(2)14-10/h3-5,9H,6,11H2,1-2H3. The van der Waals surface area contributed by atoms with Crippen LogP contribution in [0, 0.1) is 6.92 Å². The molecule has 1 atom stereocenters. The maximum Gasteiger partial charge on any atom is 0.176 e. The molecular formula is C10H14N6. The van der Waals surface area contributed by atoms with Crippen molar-refractivity contribution in [2.24, 2.45) is 12.8 Å². The highest BCUT2D eigenvalue weighted by Crippen LogP contribution is 2.13. The summed E-state index contributed by atoms with van der Waals surface area (Å²) in [5.74, 6) is 0.657. The summed E-state index contributed by atoms with van der Waals surface area (Å²) in [4.78, 5) is 5.56. The smallest absolute Gasteiger partial charge is 0.176 e. The van der Waals surface area contributed by atoms with Crippen molar-refractivity contribution in [1.29, 1.82) is 0 Å². The maximum absolute atomic E-state index is 6.06. The van der Waals surface area contributed by atoms with Crippen LogP contribution in [0.1, 0.15) is 23.1 Å². The fourth-order valence-electron chi connectivity index (χ4n) is 1.52. The van der Waals surface area contributed by atoms with Crippen LogP contribution in [0.5, 0.6) is 0 Å². The number of hydrogen-bond acceptors (Lipinski definition) is 5. The van der Waals surface area contributed by atoms with Gasteiger partial charge < -0.3 is 5.73 Å². The fraction of sp³-hybridized carbons (Fsp3) is 0.400. The molecule has 2 heterocycles. The number of rotatable bonds is 3. The minimum absolute atomic E-state index is 0.120. The van der Waals surface area contributed by atoms with Crippen LogP contribution < -0.4 is 5.73 Å². The molecule has 0 aliphatic rings. The summed E-state index contributed by atoms with van der Waals surface area (Å²) in [7, 11) is 1.73. The van der Waals surface area contributed by atoms with Crippen molar-refractivity contribution in [2.75, 3.05) is 0 Å². The molecule has 0 fully saturated rings. The van der Waals surface area contributed by atoms with Gasteiger partial charge in [0.1, 0.15) is 0 Å². The molecule has 6 nitrogen and oxygen atoms in total. The Balaban J connectivity index is 2.11. The topological polar surface area (TPSA) is 82.5 Å². The van der Waals surface area contributed by atoms with Gasteiger partial charge in [-0.3, -0.25) is 4.98 Å². The largest absolute Gasteiger partial charge is 0.324 e. The third-order valence-corrected chi connectivity index (χ3v) is 2.30. The molecule has 0 aliphatic heterocycles. The number of pyridine rings is 1. The monoisotopic (exact) mass is 218 g/mol. The van der Waals surface area contributed by atoms with Crippen molar-refractivity contribution in [1.82, 2.24) is 25.2 Å². The Morgan fingerprint density at radius 3 is 2.94 bits per heavy atom. The van der Waals surface area contributed by atoms with Crippen LogP contribution in [0.4, 0.5) is 0 Å². The molecule has 84 valence electrons. The van der Waals surface area contributed by atoms with Gasteiger partial charge in [-0.15, -0.1) is 10.2 Å². The zero-order chi connectivity index (χ0) is 11.5. The highest BCUT2D eigenvalue weighted by Gasteiger charge is 2.10. The first-order valence-electron chi connectivity index (χ1n) is 5.06. The van der Waals surface area contributed by atoms with Crippen molar-refractivity contribution < 1.29 is 0 Å². The van der Waals surface area contributed by atoms with Crippen LogP contribution in [0.3, 0.4) is 0 Å². The summed E-state index contributed by atoms with van der Waals surface area (Å²) in [6.07, 6.45) is 2.34. The second-order valence-corrected chi connectivity index (χ2v) is 3.74. The van der Waals surface area contributed by atoms with Gasteiger partial charge in [-0.2, -0.15) is 4.80 Å². The Hall–Kier alpha value is -1.82. The minimum atomic E-state index is -0.120. The zero-order valence-corrected chi connectivity index (χ0v) is 9.33. The molecule has 6 heteroatoms. The molecule has 2 aromatic heterocycles. The highest BCUT2D eigenvalue weighted by molar-refractivity contribution is 5.19. The van der Waals surface area contributed by atoms with Gasteiger partial charge in [-0.1, -0.05) is 0 Å². The molecule has 0 aliphatic carbocycles. The average Bonchev–Trinajstić information content (AvgIpc) is 2.64. The lowest BCUT2D eigenvalue weighted by Crippen LogP contribution is -2.14. The Bertz CT molecular complexity index is 478. The number of aromatic nitrogens is 5. The number of hydrogen-bond donors (Lipinski definition) is 1. The average molecular weight is 218 g/mol. The highest BCUT2D eigenvalue weighted by atomic mass is 15.6. The quantitative estimate of drug-likeness (QED) is 0.793.